The van der Waals surface area contributed by atoms with Crippen molar-refractivity contribution in [1.29, 1.82) is 0 Å². The van der Waals surface area contributed by atoms with E-state index in [-0.39, 0.29) is 4.90 Å². The van der Waals surface area contributed by atoms with Crippen molar-refractivity contribution in [2.45, 2.75) is 11.2 Å². The summed E-state index contributed by atoms with van der Waals surface area (Å²) in [5.41, 5.74) is 0. The van der Waals surface area contributed by atoms with Crippen LogP contribution in [0.5, 0.6) is 0 Å². The zero-order valence-corrected chi connectivity index (χ0v) is 9.36. The Hall–Kier alpha value is -0.140. The number of ether oxygens (including phenoxy) is 2. The van der Waals surface area contributed by atoms with Crippen LogP contribution in [0.3, 0.4) is 0 Å². The lowest BCUT2D eigenvalue weighted by molar-refractivity contribution is -0.0414. The second-order valence-electron chi connectivity index (χ2n) is 2.70. The molecule has 0 amide bonds. The second-order valence-corrected chi connectivity index (χ2v) is 6.20. The molecule has 1 aliphatic rings. The molecule has 14 heavy (non-hydrogen) atoms. The van der Waals surface area contributed by atoms with Gasteiger partial charge in [0.05, 0.1) is 23.0 Å². The number of halogens is 1. The SMILES string of the molecule is O=S(=O)(Cl)c1csc(C2OCCO2)c1. The summed E-state index contributed by atoms with van der Waals surface area (Å²) in [6.07, 6.45) is -0.438. The standard InChI is InChI=1S/C7H7ClO4S2/c8-14(9,10)5-3-6(13-4-5)7-11-1-2-12-7/h3-4,7H,1-2H2. The van der Waals surface area contributed by atoms with E-state index in [9.17, 15) is 8.42 Å². The molecule has 1 aromatic rings. The molecule has 0 spiro atoms. The molecule has 1 saturated heterocycles. The van der Waals surface area contributed by atoms with Crippen LogP contribution in [0.4, 0.5) is 0 Å². The normalized spacial score (nSPS) is 18.9. The van der Waals surface area contributed by atoms with Gasteiger partial charge in [-0.1, -0.05) is 0 Å². The quantitative estimate of drug-likeness (QED) is 0.754. The Bertz CT molecular complexity index is 419. The molecular formula is C7H7ClO4S2. The van der Waals surface area contributed by atoms with E-state index < -0.39 is 15.3 Å². The topological polar surface area (TPSA) is 52.6 Å². The van der Waals surface area contributed by atoms with E-state index in [4.69, 9.17) is 20.2 Å². The van der Waals surface area contributed by atoms with Crippen LogP contribution in [0.1, 0.15) is 11.2 Å². The molecule has 1 fully saturated rings. The Balaban J connectivity index is 2.25. The van der Waals surface area contributed by atoms with Gasteiger partial charge in [0, 0.05) is 16.1 Å². The van der Waals surface area contributed by atoms with Crippen molar-refractivity contribution in [1.82, 2.24) is 0 Å². The van der Waals surface area contributed by atoms with Gasteiger partial charge in [0.25, 0.3) is 9.05 Å². The molecule has 0 unspecified atom stereocenters. The molecule has 0 saturated carbocycles. The van der Waals surface area contributed by atoms with Crippen LogP contribution >= 0.6 is 22.0 Å². The summed E-state index contributed by atoms with van der Waals surface area (Å²) in [6, 6.07) is 1.48. The number of hydrogen-bond acceptors (Lipinski definition) is 5. The van der Waals surface area contributed by atoms with Gasteiger partial charge in [-0.2, -0.15) is 0 Å². The average Bonchev–Trinajstić information content (AvgIpc) is 2.73. The van der Waals surface area contributed by atoms with Gasteiger partial charge in [-0.25, -0.2) is 8.42 Å². The molecule has 0 atom stereocenters. The average molecular weight is 255 g/mol. The molecule has 2 heterocycles. The van der Waals surface area contributed by atoms with E-state index in [0.717, 1.165) is 4.88 Å². The Kier molecular flexibility index (Phi) is 2.81. The fraction of sp³-hybridized carbons (Fsp3) is 0.429. The second kappa shape index (κ2) is 3.79. The van der Waals surface area contributed by atoms with Crippen molar-refractivity contribution in [3.63, 3.8) is 0 Å². The predicted molar refractivity (Wildman–Crippen MR) is 52.0 cm³/mol. The molecule has 4 nitrogen and oxygen atoms in total. The van der Waals surface area contributed by atoms with Gasteiger partial charge in [0.2, 0.25) is 0 Å². The molecule has 2 rings (SSSR count). The van der Waals surface area contributed by atoms with E-state index in [1.807, 2.05) is 0 Å². The van der Waals surface area contributed by atoms with Gasteiger partial charge >= 0.3 is 0 Å². The minimum Gasteiger partial charge on any atom is -0.345 e. The largest absolute Gasteiger partial charge is 0.345 e. The molecule has 0 bridgehead atoms. The van der Waals surface area contributed by atoms with E-state index in [1.165, 1.54) is 22.8 Å². The molecule has 0 N–H and O–H groups in total. The van der Waals surface area contributed by atoms with Crippen molar-refractivity contribution < 1.29 is 17.9 Å². The summed E-state index contributed by atoms with van der Waals surface area (Å²) in [5.74, 6) is 0. The monoisotopic (exact) mass is 254 g/mol. The van der Waals surface area contributed by atoms with E-state index in [2.05, 4.69) is 0 Å². The molecule has 78 valence electrons. The highest BCUT2D eigenvalue weighted by molar-refractivity contribution is 8.13. The van der Waals surface area contributed by atoms with Crippen LogP contribution in [0.25, 0.3) is 0 Å². The first-order valence-corrected chi connectivity index (χ1v) is 7.02. The Labute approximate surface area is 89.8 Å². The number of rotatable bonds is 2. The van der Waals surface area contributed by atoms with Gasteiger partial charge in [0.1, 0.15) is 0 Å². The van der Waals surface area contributed by atoms with Crippen molar-refractivity contribution >= 4 is 31.1 Å². The minimum absolute atomic E-state index is 0.0956. The lowest BCUT2D eigenvalue weighted by Crippen LogP contribution is -1.94. The zero-order chi connectivity index (χ0) is 10.2. The Morgan fingerprint density at radius 1 is 1.43 bits per heavy atom. The maximum absolute atomic E-state index is 11.0. The van der Waals surface area contributed by atoms with Crippen molar-refractivity contribution in [3.8, 4) is 0 Å². The van der Waals surface area contributed by atoms with Crippen molar-refractivity contribution in [2.24, 2.45) is 0 Å². The van der Waals surface area contributed by atoms with E-state index >= 15 is 0 Å². The third-order valence-electron chi connectivity index (χ3n) is 1.73. The van der Waals surface area contributed by atoms with Gasteiger partial charge < -0.3 is 9.47 Å². The Morgan fingerprint density at radius 2 is 2.07 bits per heavy atom. The van der Waals surface area contributed by atoms with E-state index in [1.54, 1.807) is 0 Å². The summed E-state index contributed by atoms with van der Waals surface area (Å²) in [7, 11) is 1.54. The molecule has 0 aliphatic carbocycles. The molecule has 7 heteroatoms. The highest BCUT2D eigenvalue weighted by Crippen LogP contribution is 2.31. The molecule has 1 aromatic heterocycles. The minimum atomic E-state index is -3.64. The summed E-state index contributed by atoms with van der Waals surface area (Å²) < 4.78 is 32.3. The summed E-state index contributed by atoms with van der Waals surface area (Å²) in [4.78, 5) is 0.819. The van der Waals surface area contributed by atoms with Crippen LogP contribution in [0.15, 0.2) is 16.3 Å². The summed E-state index contributed by atoms with van der Waals surface area (Å²) >= 11 is 1.26. The van der Waals surface area contributed by atoms with Gasteiger partial charge in [-0.15, -0.1) is 11.3 Å². The fourth-order valence-electron chi connectivity index (χ4n) is 1.11. The summed E-state index contributed by atoms with van der Waals surface area (Å²) in [6.45, 7) is 1.07. The Morgan fingerprint density at radius 3 is 2.57 bits per heavy atom. The smallest absolute Gasteiger partial charge is 0.262 e. The predicted octanol–water partition coefficient (Wildman–Crippen LogP) is 1.72. The van der Waals surface area contributed by atoms with Crippen molar-refractivity contribution in [3.05, 3.63) is 16.3 Å². The van der Waals surface area contributed by atoms with Gasteiger partial charge in [-0.3, -0.25) is 0 Å². The highest BCUT2D eigenvalue weighted by atomic mass is 35.7. The van der Waals surface area contributed by atoms with Crippen molar-refractivity contribution in [2.75, 3.05) is 13.2 Å². The first kappa shape index (κ1) is 10.4. The molecule has 0 aromatic carbocycles. The fourth-order valence-corrected chi connectivity index (χ4v) is 3.28. The van der Waals surface area contributed by atoms with Crippen LogP contribution in [-0.4, -0.2) is 21.6 Å². The third-order valence-corrected chi connectivity index (χ3v) is 4.17. The van der Waals surface area contributed by atoms with E-state index in [0.29, 0.717) is 13.2 Å². The third kappa shape index (κ3) is 2.09. The van der Waals surface area contributed by atoms with Gasteiger partial charge in [0.15, 0.2) is 6.29 Å². The van der Waals surface area contributed by atoms with Crippen LogP contribution in [0, 0.1) is 0 Å². The highest BCUT2D eigenvalue weighted by Gasteiger charge is 2.22. The van der Waals surface area contributed by atoms with Crippen LogP contribution in [0.2, 0.25) is 0 Å². The summed E-state index contributed by atoms with van der Waals surface area (Å²) in [5, 5.41) is 1.47. The lowest BCUT2D eigenvalue weighted by atomic mass is 10.4. The zero-order valence-electron chi connectivity index (χ0n) is 6.97. The maximum Gasteiger partial charge on any atom is 0.262 e. The van der Waals surface area contributed by atoms with Crippen LogP contribution < -0.4 is 0 Å². The molecule has 0 radical (unpaired) electrons. The van der Waals surface area contributed by atoms with Gasteiger partial charge in [-0.05, 0) is 6.07 Å². The lowest BCUT2D eigenvalue weighted by Gasteiger charge is -2.04. The first-order valence-electron chi connectivity index (χ1n) is 3.84. The molecular weight excluding hydrogens is 248 g/mol. The molecule has 1 aliphatic heterocycles. The number of hydrogen-bond donors (Lipinski definition) is 0. The maximum atomic E-state index is 11.0. The van der Waals surface area contributed by atoms with Crippen LogP contribution in [-0.2, 0) is 18.5 Å². The first-order chi connectivity index (χ1) is 6.57. The number of thiophene rings is 1.